The largest absolute Gasteiger partial charge is 0.308 e. The van der Waals surface area contributed by atoms with E-state index in [0.717, 1.165) is 18.0 Å². The van der Waals surface area contributed by atoms with Crippen LogP contribution in [0.5, 0.6) is 0 Å². The molecule has 2 bridgehead atoms. The van der Waals surface area contributed by atoms with Crippen LogP contribution in [-0.4, -0.2) is 36.1 Å². The Morgan fingerprint density at radius 3 is 2.00 bits per heavy atom. The summed E-state index contributed by atoms with van der Waals surface area (Å²) in [4.78, 5) is 2.61. The van der Waals surface area contributed by atoms with Crippen LogP contribution >= 0.6 is 0 Å². The second-order valence-corrected chi connectivity index (χ2v) is 6.32. The fourth-order valence-electron chi connectivity index (χ4n) is 3.19. The second-order valence-electron chi connectivity index (χ2n) is 6.32. The van der Waals surface area contributed by atoms with E-state index >= 15 is 0 Å². The highest BCUT2D eigenvalue weighted by Gasteiger charge is 2.51. The lowest BCUT2D eigenvalue weighted by atomic mass is 9.64. The van der Waals surface area contributed by atoms with E-state index in [1.165, 1.54) is 13.1 Å². The summed E-state index contributed by atoms with van der Waals surface area (Å²) in [6, 6.07) is 2.20. The Morgan fingerprint density at radius 1 is 1.14 bits per heavy atom. The molecule has 2 nitrogen and oxygen atoms in total. The normalized spacial score (nSPS) is 38.6. The summed E-state index contributed by atoms with van der Waals surface area (Å²) in [6.45, 7) is 14.2. The minimum absolute atomic E-state index is 0.476. The number of hydrogen-bond acceptors (Lipinski definition) is 2. The molecule has 2 unspecified atom stereocenters. The third-order valence-corrected chi connectivity index (χ3v) is 3.89. The standard InChI is InChI=1S/C12H24N2/c1-8(2)14-6-9-11(12(3,4)5)10(7-14)13-9/h8-11,13H,6-7H2,1-5H3. The van der Waals surface area contributed by atoms with Gasteiger partial charge in [0, 0.05) is 31.2 Å². The molecule has 3 saturated heterocycles. The van der Waals surface area contributed by atoms with Gasteiger partial charge in [0.25, 0.3) is 0 Å². The Morgan fingerprint density at radius 2 is 1.64 bits per heavy atom. The minimum atomic E-state index is 0.476. The number of rotatable bonds is 1. The number of nitrogens with zero attached hydrogens (tertiary/aromatic N) is 1. The van der Waals surface area contributed by atoms with Crippen molar-refractivity contribution in [3.05, 3.63) is 0 Å². The first-order valence-electron chi connectivity index (χ1n) is 5.89. The van der Waals surface area contributed by atoms with Crippen LogP contribution in [0.4, 0.5) is 0 Å². The molecule has 0 amide bonds. The molecule has 3 aliphatic heterocycles. The molecule has 0 aromatic carbocycles. The van der Waals surface area contributed by atoms with Crippen LogP contribution in [0.25, 0.3) is 0 Å². The van der Waals surface area contributed by atoms with E-state index in [4.69, 9.17) is 0 Å². The molecule has 0 aliphatic carbocycles. The molecular weight excluding hydrogens is 172 g/mol. The fraction of sp³-hybridized carbons (Fsp3) is 1.00. The van der Waals surface area contributed by atoms with Crippen LogP contribution in [-0.2, 0) is 0 Å². The summed E-state index contributed by atoms with van der Waals surface area (Å²) in [5, 5.41) is 3.68. The van der Waals surface area contributed by atoms with Crippen molar-refractivity contribution in [3.8, 4) is 0 Å². The van der Waals surface area contributed by atoms with E-state index in [1.807, 2.05) is 0 Å². The molecule has 0 aromatic heterocycles. The van der Waals surface area contributed by atoms with Crippen molar-refractivity contribution in [1.82, 2.24) is 10.2 Å². The third kappa shape index (κ3) is 1.59. The van der Waals surface area contributed by atoms with E-state index in [1.54, 1.807) is 0 Å². The van der Waals surface area contributed by atoms with E-state index in [-0.39, 0.29) is 0 Å². The van der Waals surface area contributed by atoms with Gasteiger partial charge in [-0.05, 0) is 25.2 Å². The number of fused-ring (bicyclic) bond motifs is 2. The molecule has 2 atom stereocenters. The summed E-state index contributed by atoms with van der Waals surface area (Å²) in [5.41, 5.74) is 0.476. The van der Waals surface area contributed by atoms with Crippen LogP contribution in [0, 0.1) is 11.3 Å². The first kappa shape index (κ1) is 10.4. The minimum Gasteiger partial charge on any atom is -0.308 e. The maximum Gasteiger partial charge on any atom is 0.0246 e. The first-order chi connectivity index (χ1) is 6.39. The van der Waals surface area contributed by atoms with Crippen molar-refractivity contribution in [2.24, 2.45) is 11.3 Å². The topological polar surface area (TPSA) is 15.3 Å². The molecule has 3 rings (SSSR count). The SMILES string of the molecule is CC(C)N1CC2NC(C1)C2C(C)(C)C. The van der Waals surface area contributed by atoms with Gasteiger partial charge in [-0.3, -0.25) is 4.90 Å². The maximum absolute atomic E-state index is 3.68. The van der Waals surface area contributed by atoms with Crippen molar-refractivity contribution in [2.75, 3.05) is 13.1 Å². The molecular formula is C12H24N2. The monoisotopic (exact) mass is 196 g/mol. The summed E-state index contributed by atoms with van der Waals surface area (Å²) in [7, 11) is 0. The van der Waals surface area contributed by atoms with Crippen molar-refractivity contribution >= 4 is 0 Å². The average molecular weight is 196 g/mol. The van der Waals surface area contributed by atoms with Crippen LogP contribution in [0.3, 0.4) is 0 Å². The van der Waals surface area contributed by atoms with Gasteiger partial charge >= 0.3 is 0 Å². The number of piperidine rings is 1. The van der Waals surface area contributed by atoms with Gasteiger partial charge in [-0.25, -0.2) is 0 Å². The zero-order chi connectivity index (χ0) is 10.5. The number of piperazine rings is 1. The molecule has 0 spiro atoms. The van der Waals surface area contributed by atoms with Gasteiger partial charge in [0.15, 0.2) is 0 Å². The summed E-state index contributed by atoms with van der Waals surface area (Å²) in [6.07, 6.45) is 0. The number of nitrogens with one attached hydrogen (secondary N) is 1. The Hall–Kier alpha value is -0.0800. The quantitative estimate of drug-likeness (QED) is 0.687. The van der Waals surface area contributed by atoms with Gasteiger partial charge in [-0.2, -0.15) is 0 Å². The van der Waals surface area contributed by atoms with Crippen LogP contribution in [0.15, 0.2) is 0 Å². The Balaban J connectivity index is 2.00. The Bertz CT molecular complexity index is 205. The molecule has 0 saturated carbocycles. The lowest BCUT2D eigenvalue weighted by Gasteiger charge is -2.60. The lowest BCUT2D eigenvalue weighted by molar-refractivity contribution is -0.0526. The van der Waals surface area contributed by atoms with E-state index in [9.17, 15) is 0 Å². The average Bonchev–Trinajstić information content (AvgIpc) is 2.00. The van der Waals surface area contributed by atoms with Crippen LogP contribution in [0.1, 0.15) is 34.6 Å². The van der Waals surface area contributed by atoms with Crippen LogP contribution in [0.2, 0.25) is 0 Å². The zero-order valence-corrected chi connectivity index (χ0v) is 10.2. The van der Waals surface area contributed by atoms with E-state index in [2.05, 4.69) is 44.8 Å². The second kappa shape index (κ2) is 3.21. The fourth-order valence-corrected chi connectivity index (χ4v) is 3.19. The van der Waals surface area contributed by atoms with Gasteiger partial charge in [-0.15, -0.1) is 0 Å². The van der Waals surface area contributed by atoms with Crippen molar-refractivity contribution < 1.29 is 0 Å². The van der Waals surface area contributed by atoms with Gasteiger partial charge in [0.2, 0.25) is 0 Å². The molecule has 82 valence electrons. The molecule has 14 heavy (non-hydrogen) atoms. The van der Waals surface area contributed by atoms with Gasteiger partial charge in [0.05, 0.1) is 0 Å². The highest BCUT2D eigenvalue weighted by atomic mass is 15.3. The van der Waals surface area contributed by atoms with Gasteiger partial charge in [-0.1, -0.05) is 20.8 Å². The maximum atomic E-state index is 3.68. The predicted molar refractivity (Wildman–Crippen MR) is 60.4 cm³/mol. The van der Waals surface area contributed by atoms with Crippen molar-refractivity contribution in [2.45, 2.75) is 52.7 Å². The molecule has 3 heterocycles. The Labute approximate surface area is 88.1 Å². The zero-order valence-electron chi connectivity index (χ0n) is 10.2. The molecule has 0 radical (unpaired) electrons. The molecule has 3 aliphatic rings. The molecule has 0 aromatic rings. The van der Waals surface area contributed by atoms with Gasteiger partial charge < -0.3 is 5.32 Å². The van der Waals surface area contributed by atoms with Crippen molar-refractivity contribution in [1.29, 1.82) is 0 Å². The molecule has 3 fully saturated rings. The molecule has 2 heteroatoms. The Kier molecular flexibility index (Phi) is 2.39. The van der Waals surface area contributed by atoms with E-state index < -0.39 is 0 Å². The molecule has 1 N–H and O–H groups in total. The smallest absolute Gasteiger partial charge is 0.0246 e. The third-order valence-electron chi connectivity index (χ3n) is 3.89. The van der Waals surface area contributed by atoms with Crippen LogP contribution < -0.4 is 5.32 Å². The highest BCUT2D eigenvalue weighted by molar-refractivity contribution is 5.08. The van der Waals surface area contributed by atoms with E-state index in [0.29, 0.717) is 11.5 Å². The summed E-state index contributed by atoms with van der Waals surface area (Å²) < 4.78 is 0. The summed E-state index contributed by atoms with van der Waals surface area (Å²) in [5.74, 6) is 0.887. The van der Waals surface area contributed by atoms with Crippen molar-refractivity contribution in [3.63, 3.8) is 0 Å². The predicted octanol–water partition coefficient (Wildman–Crippen LogP) is 1.71. The lowest BCUT2D eigenvalue weighted by Crippen LogP contribution is -2.76. The summed E-state index contributed by atoms with van der Waals surface area (Å²) >= 11 is 0. The number of hydrogen-bond donors (Lipinski definition) is 1. The highest BCUT2D eigenvalue weighted by Crippen LogP contribution is 2.41. The van der Waals surface area contributed by atoms with Gasteiger partial charge in [0.1, 0.15) is 0 Å². The first-order valence-corrected chi connectivity index (χ1v) is 5.89.